The molecular formula is C37H49F3N4O4Si. The van der Waals surface area contributed by atoms with Crippen molar-refractivity contribution in [3.05, 3.63) is 77.0 Å². The van der Waals surface area contributed by atoms with Crippen LogP contribution in [0.5, 0.6) is 0 Å². The van der Waals surface area contributed by atoms with E-state index in [0.717, 1.165) is 36.2 Å². The van der Waals surface area contributed by atoms with Crippen molar-refractivity contribution in [3.63, 3.8) is 0 Å². The van der Waals surface area contributed by atoms with E-state index < -0.39 is 54.6 Å². The molecule has 3 atom stereocenters. The monoisotopic (exact) mass is 698 g/mol. The lowest BCUT2D eigenvalue weighted by molar-refractivity contribution is 0.0837. The van der Waals surface area contributed by atoms with Gasteiger partial charge in [0.25, 0.3) is 5.91 Å². The normalized spacial score (nSPS) is 18.6. The van der Waals surface area contributed by atoms with E-state index in [-0.39, 0.29) is 45.8 Å². The average Bonchev–Trinajstić information content (AvgIpc) is 2.99. The molecule has 1 aromatic carbocycles. The van der Waals surface area contributed by atoms with Gasteiger partial charge in [0.1, 0.15) is 28.8 Å². The van der Waals surface area contributed by atoms with Crippen molar-refractivity contribution < 1.29 is 32.3 Å². The molecule has 0 aliphatic heterocycles. The molecule has 1 saturated carbocycles. The van der Waals surface area contributed by atoms with E-state index in [9.17, 15) is 14.7 Å². The fraction of sp³-hybridized carbons (Fsp3) is 0.514. The van der Waals surface area contributed by atoms with E-state index in [1.54, 1.807) is 26.1 Å². The smallest absolute Gasteiger partial charge is 0.404 e. The Kier molecular flexibility index (Phi) is 11.6. The quantitative estimate of drug-likeness (QED) is 0.172. The Balaban J connectivity index is 1.64. The van der Waals surface area contributed by atoms with Crippen molar-refractivity contribution in [3.8, 4) is 11.3 Å². The van der Waals surface area contributed by atoms with Crippen molar-refractivity contribution in [2.24, 2.45) is 5.92 Å². The number of aromatic nitrogens is 2. The first-order valence-electron chi connectivity index (χ1n) is 17.0. The topological polar surface area (TPSA) is 113 Å². The van der Waals surface area contributed by atoms with Gasteiger partial charge >= 0.3 is 6.09 Å². The number of anilines is 1. The number of carboxylic acid groups (broad SMARTS) is 1. The zero-order valence-electron chi connectivity index (χ0n) is 29.8. The first kappa shape index (κ1) is 38.0. The van der Waals surface area contributed by atoms with E-state index >= 15 is 13.2 Å². The van der Waals surface area contributed by atoms with E-state index in [2.05, 4.69) is 62.1 Å². The fourth-order valence-electron chi connectivity index (χ4n) is 7.95. The standard InChI is InChI=1S/C37H49F3N4O4Si/c1-20(2)49(21(3)4,22(5)6)48-37(8,9)25-17-29(39)33(30(40)18-25)34-28(38)10-11-31(43-34)35(45)44-32-19-41-13-12-27(32)24-14-23(7)15-26(16-24)42-36(46)47/h10-13,17-24,26,42H,14-16H2,1-9H3,(H,44,45)(H,46,47)/t23-,24+,26?/m0/s1. The van der Waals surface area contributed by atoms with Crippen LogP contribution in [0, 0.1) is 23.4 Å². The van der Waals surface area contributed by atoms with Crippen LogP contribution in [0.3, 0.4) is 0 Å². The maximum atomic E-state index is 15.9. The Bertz CT molecular complexity index is 1640. The summed E-state index contributed by atoms with van der Waals surface area (Å²) in [6.07, 6.45) is 3.99. The van der Waals surface area contributed by atoms with Crippen LogP contribution in [-0.4, -0.2) is 41.4 Å². The molecule has 1 aliphatic rings. The van der Waals surface area contributed by atoms with Gasteiger partial charge in [0.15, 0.2) is 0 Å². The number of carbonyl (C=O) groups excluding carboxylic acids is 1. The second-order valence-corrected chi connectivity index (χ2v) is 20.2. The number of nitrogens with zero attached hydrogens (tertiary/aromatic N) is 2. The van der Waals surface area contributed by atoms with Crippen LogP contribution >= 0.6 is 0 Å². The van der Waals surface area contributed by atoms with Crippen molar-refractivity contribution >= 4 is 26.0 Å². The highest BCUT2D eigenvalue weighted by molar-refractivity contribution is 6.77. The molecule has 49 heavy (non-hydrogen) atoms. The summed E-state index contributed by atoms with van der Waals surface area (Å²) in [6, 6.07) is 5.95. The number of halogens is 3. The van der Waals surface area contributed by atoms with Crippen molar-refractivity contribution in [2.75, 3.05) is 5.32 Å². The van der Waals surface area contributed by atoms with Crippen LogP contribution in [0.4, 0.5) is 23.7 Å². The summed E-state index contributed by atoms with van der Waals surface area (Å²) in [5.74, 6) is -3.59. The van der Waals surface area contributed by atoms with Crippen LogP contribution in [0.1, 0.15) is 109 Å². The highest BCUT2D eigenvalue weighted by Crippen LogP contribution is 2.47. The van der Waals surface area contributed by atoms with Gasteiger partial charge in [-0.25, -0.2) is 22.9 Å². The molecule has 2 amide bonds. The van der Waals surface area contributed by atoms with Crippen LogP contribution in [0.25, 0.3) is 11.3 Å². The third-order valence-electron chi connectivity index (χ3n) is 10.0. The van der Waals surface area contributed by atoms with E-state index in [1.165, 1.54) is 6.20 Å². The number of hydrogen-bond acceptors (Lipinski definition) is 5. The zero-order valence-corrected chi connectivity index (χ0v) is 30.8. The van der Waals surface area contributed by atoms with E-state index in [1.807, 2.05) is 6.92 Å². The van der Waals surface area contributed by atoms with Crippen LogP contribution < -0.4 is 10.6 Å². The molecular weight excluding hydrogens is 650 g/mol. The molecule has 3 aromatic rings. The summed E-state index contributed by atoms with van der Waals surface area (Å²) in [6.45, 7) is 18.4. The Morgan fingerprint density at radius 1 is 0.939 bits per heavy atom. The van der Waals surface area contributed by atoms with Gasteiger partial charge in [0.2, 0.25) is 8.32 Å². The molecule has 0 saturated heterocycles. The maximum Gasteiger partial charge on any atom is 0.404 e. The Hall–Kier alpha value is -3.77. The third-order valence-corrected chi connectivity index (χ3v) is 16.3. The summed E-state index contributed by atoms with van der Waals surface area (Å²) in [4.78, 5) is 33.0. The largest absolute Gasteiger partial charge is 0.465 e. The molecule has 0 bridgehead atoms. The molecule has 2 heterocycles. The molecule has 2 aromatic heterocycles. The number of rotatable bonds is 11. The van der Waals surface area contributed by atoms with Crippen LogP contribution in [-0.2, 0) is 10.0 Å². The Morgan fingerprint density at radius 3 is 2.12 bits per heavy atom. The van der Waals surface area contributed by atoms with Gasteiger partial charge in [0, 0.05) is 12.2 Å². The van der Waals surface area contributed by atoms with Crippen molar-refractivity contribution in [2.45, 2.75) is 116 Å². The van der Waals surface area contributed by atoms with Crippen molar-refractivity contribution in [1.29, 1.82) is 0 Å². The number of hydrogen-bond donors (Lipinski definition) is 3. The summed E-state index contributed by atoms with van der Waals surface area (Å²) in [7, 11) is -2.44. The molecule has 12 heteroatoms. The molecule has 1 unspecified atom stereocenters. The Labute approximate surface area is 288 Å². The first-order valence-corrected chi connectivity index (χ1v) is 19.1. The number of nitrogens with one attached hydrogen (secondary N) is 2. The average molecular weight is 699 g/mol. The highest BCUT2D eigenvalue weighted by Gasteiger charge is 2.49. The molecule has 1 fully saturated rings. The summed E-state index contributed by atoms with van der Waals surface area (Å²) < 4.78 is 53.8. The van der Waals surface area contributed by atoms with Gasteiger partial charge in [-0.1, -0.05) is 48.5 Å². The third kappa shape index (κ3) is 8.17. The molecule has 1 aliphatic carbocycles. The Morgan fingerprint density at radius 2 is 1.55 bits per heavy atom. The van der Waals surface area contributed by atoms with E-state index in [0.29, 0.717) is 18.5 Å². The minimum absolute atomic E-state index is 0.0694. The zero-order chi connectivity index (χ0) is 36.4. The first-order chi connectivity index (χ1) is 22.9. The van der Waals surface area contributed by atoms with Gasteiger partial charge < -0.3 is 20.2 Å². The maximum absolute atomic E-state index is 15.9. The molecule has 3 N–H and O–H groups in total. The van der Waals surface area contributed by atoms with Gasteiger partial charge in [-0.2, -0.15) is 0 Å². The molecule has 0 spiro atoms. The number of benzene rings is 1. The molecule has 8 nitrogen and oxygen atoms in total. The molecule has 266 valence electrons. The highest BCUT2D eigenvalue weighted by atomic mass is 28.4. The SMILES string of the molecule is CC(C)[Si](OC(C)(C)c1cc(F)c(-c2nc(C(=O)Nc3cnccc3[C@H]3CC(NC(=O)O)C[C@@H](C)C3)ccc2F)c(F)c1)(C(C)C)C(C)C. The molecule has 0 radical (unpaired) electrons. The fourth-order valence-corrected chi connectivity index (χ4v) is 13.7. The minimum Gasteiger partial charge on any atom is -0.465 e. The summed E-state index contributed by atoms with van der Waals surface area (Å²) >= 11 is 0. The lowest BCUT2D eigenvalue weighted by atomic mass is 9.76. The van der Waals surface area contributed by atoms with Gasteiger partial charge in [-0.15, -0.1) is 0 Å². The van der Waals surface area contributed by atoms with Crippen LogP contribution in [0.2, 0.25) is 16.6 Å². The number of carbonyl (C=O) groups is 2. The predicted octanol–water partition coefficient (Wildman–Crippen LogP) is 9.78. The number of amides is 2. The molecule has 4 rings (SSSR count). The summed E-state index contributed by atoms with van der Waals surface area (Å²) in [5.41, 5.74) is -0.426. The van der Waals surface area contributed by atoms with Gasteiger partial charge in [-0.05, 0) is 103 Å². The second-order valence-electron chi connectivity index (χ2n) is 14.8. The van der Waals surface area contributed by atoms with Gasteiger partial charge in [-0.3, -0.25) is 9.78 Å². The predicted molar refractivity (Wildman–Crippen MR) is 188 cm³/mol. The van der Waals surface area contributed by atoms with Crippen molar-refractivity contribution in [1.82, 2.24) is 15.3 Å². The number of pyridine rings is 2. The van der Waals surface area contributed by atoms with Gasteiger partial charge in [0.05, 0.1) is 23.0 Å². The second kappa shape index (κ2) is 15.0. The lowest BCUT2D eigenvalue weighted by Gasteiger charge is -2.47. The summed E-state index contributed by atoms with van der Waals surface area (Å²) in [5, 5.41) is 14.6. The van der Waals surface area contributed by atoms with Crippen LogP contribution in [0.15, 0.2) is 42.7 Å². The minimum atomic E-state index is -2.44. The van der Waals surface area contributed by atoms with E-state index in [4.69, 9.17) is 4.43 Å². The lowest BCUT2D eigenvalue weighted by Crippen LogP contribution is -2.52.